The van der Waals surface area contributed by atoms with Gasteiger partial charge in [0.25, 0.3) is 0 Å². The van der Waals surface area contributed by atoms with Crippen LogP contribution in [0.25, 0.3) is 0 Å². The van der Waals surface area contributed by atoms with Crippen molar-refractivity contribution in [2.45, 2.75) is 51.0 Å². The van der Waals surface area contributed by atoms with E-state index in [2.05, 4.69) is 5.32 Å². The van der Waals surface area contributed by atoms with E-state index < -0.39 is 6.10 Å². The monoisotopic (exact) mass is 368 g/mol. The van der Waals surface area contributed by atoms with Gasteiger partial charge in [0.05, 0.1) is 12.1 Å². The van der Waals surface area contributed by atoms with Crippen molar-refractivity contribution in [1.82, 2.24) is 10.2 Å². The second kappa shape index (κ2) is 9.42. The Morgan fingerprint density at radius 2 is 1.85 bits per heavy atom. The topological polar surface area (TPSA) is 61.8 Å². The molecule has 0 radical (unpaired) electrons. The van der Waals surface area contributed by atoms with Gasteiger partial charge in [0.2, 0.25) is 0 Å². The summed E-state index contributed by atoms with van der Waals surface area (Å²) in [5.74, 6) is 0.779. The summed E-state index contributed by atoms with van der Waals surface area (Å²) < 4.78 is 5.84. The highest BCUT2D eigenvalue weighted by Gasteiger charge is 2.29. The van der Waals surface area contributed by atoms with Crippen LogP contribution in [0.3, 0.4) is 0 Å². The maximum atomic E-state index is 12.4. The van der Waals surface area contributed by atoms with Crippen molar-refractivity contribution in [3.8, 4) is 5.75 Å². The van der Waals surface area contributed by atoms with Crippen LogP contribution >= 0.6 is 0 Å². The van der Waals surface area contributed by atoms with Gasteiger partial charge in [-0.05, 0) is 36.1 Å². The number of urea groups is 1. The molecule has 1 aliphatic carbocycles. The second-order valence-corrected chi connectivity index (χ2v) is 7.11. The van der Waals surface area contributed by atoms with Gasteiger partial charge in [-0.1, -0.05) is 55.3 Å². The highest BCUT2D eigenvalue weighted by atomic mass is 16.5. The lowest BCUT2D eigenvalue weighted by Crippen LogP contribution is -2.49. The molecule has 1 fully saturated rings. The van der Waals surface area contributed by atoms with Crippen LogP contribution in [-0.2, 0) is 13.2 Å². The fraction of sp³-hybridized carbons (Fsp3) is 0.409. The Labute approximate surface area is 161 Å². The molecule has 3 rings (SSSR count). The highest BCUT2D eigenvalue weighted by Crippen LogP contribution is 2.22. The summed E-state index contributed by atoms with van der Waals surface area (Å²) in [7, 11) is 1.76. The first kappa shape index (κ1) is 19.2. The van der Waals surface area contributed by atoms with Crippen LogP contribution in [0.4, 0.5) is 4.79 Å². The van der Waals surface area contributed by atoms with Gasteiger partial charge < -0.3 is 20.1 Å². The fourth-order valence-electron chi connectivity index (χ4n) is 3.48. The Hall–Kier alpha value is -2.53. The summed E-state index contributed by atoms with van der Waals surface area (Å²) in [6.45, 7) is 0.938. The van der Waals surface area contributed by atoms with Gasteiger partial charge in [-0.15, -0.1) is 0 Å². The molecule has 0 heterocycles. The average molecular weight is 368 g/mol. The zero-order valence-corrected chi connectivity index (χ0v) is 15.8. The quantitative estimate of drug-likeness (QED) is 0.817. The molecule has 0 bridgehead atoms. The Kier molecular flexibility index (Phi) is 6.71. The molecule has 0 aliphatic heterocycles. The molecule has 27 heavy (non-hydrogen) atoms. The molecule has 2 aromatic carbocycles. The molecule has 2 atom stereocenters. The first-order valence-corrected chi connectivity index (χ1v) is 9.58. The van der Waals surface area contributed by atoms with E-state index in [1.807, 2.05) is 54.6 Å². The molecule has 0 saturated heterocycles. The molecule has 2 N–H and O–H groups in total. The third kappa shape index (κ3) is 5.47. The minimum atomic E-state index is -0.427. The van der Waals surface area contributed by atoms with Crippen LogP contribution in [-0.4, -0.2) is 35.2 Å². The Bertz CT molecular complexity index is 735. The van der Waals surface area contributed by atoms with Crippen molar-refractivity contribution in [3.63, 3.8) is 0 Å². The summed E-state index contributed by atoms with van der Waals surface area (Å²) in [6.07, 6.45) is 3.28. The van der Waals surface area contributed by atoms with E-state index in [-0.39, 0.29) is 12.1 Å². The third-order valence-corrected chi connectivity index (χ3v) is 5.10. The number of likely N-dealkylation sites (N-methyl/N-ethyl adjacent to an activating group) is 1. The molecule has 0 unspecified atom stereocenters. The predicted molar refractivity (Wildman–Crippen MR) is 105 cm³/mol. The molecule has 1 aliphatic rings. The van der Waals surface area contributed by atoms with E-state index in [9.17, 15) is 9.90 Å². The molecule has 0 spiro atoms. The normalized spacial score (nSPS) is 19.3. The van der Waals surface area contributed by atoms with Gasteiger partial charge in [0, 0.05) is 13.6 Å². The van der Waals surface area contributed by atoms with Crippen LogP contribution in [0.1, 0.15) is 36.8 Å². The van der Waals surface area contributed by atoms with Gasteiger partial charge in [0.15, 0.2) is 0 Å². The predicted octanol–water partition coefficient (Wildman–Crippen LogP) is 3.71. The zero-order valence-electron chi connectivity index (χ0n) is 15.8. The van der Waals surface area contributed by atoms with Gasteiger partial charge >= 0.3 is 6.03 Å². The third-order valence-electron chi connectivity index (χ3n) is 5.10. The standard InChI is InChI=1S/C22H28N2O3/c1-24(20-12-5-6-13-21(20)25)22(26)23-15-18-10-7-11-19(14-18)27-16-17-8-3-2-4-9-17/h2-4,7-11,14,20-21,25H,5-6,12-13,15-16H2,1H3,(H,23,26)/t20-,21+/m1/s1. The van der Waals surface area contributed by atoms with Crippen LogP contribution in [0.2, 0.25) is 0 Å². The molecule has 144 valence electrons. The number of hydrogen-bond donors (Lipinski definition) is 2. The zero-order chi connectivity index (χ0) is 19.1. The lowest BCUT2D eigenvalue weighted by molar-refractivity contribution is 0.0464. The van der Waals surface area contributed by atoms with E-state index in [1.165, 1.54) is 0 Å². The summed E-state index contributed by atoms with van der Waals surface area (Å²) in [5.41, 5.74) is 2.09. The van der Waals surface area contributed by atoms with Gasteiger partial charge in [-0.25, -0.2) is 4.79 Å². The lowest BCUT2D eigenvalue weighted by atomic mass is 9.92. The van der Waals surface area contributed by atoms with Crippen molar-refractivity contribution in [1.29, 1.82) is 0 Å². The molecule has 2 aromatic rings. The van der Waals surface area contributed by atoms with E-state index in [0.717, 1.165) is 42.6 Å². The highest BCUT2D eigenvalue weighted by molar-refractivity contribution is 5.74. The number of carbonyl (C=O) groups excluding carboxylic acids is 1. The number of ether oxygens (including phenoxy) is 1. The summed E-state index contributed by atoms with van der Waals surface area (Å²) in [4.78, 5) is 14.1. The van der Waals surface area contributed by atoms with Crippen molar-refractivity contribution >= 4 is 6.03 Å². The van der Waals surface area contributed by atoms with Crippen LogP contribution in [0, 0.1) is 0 Å². The maximum absolute atomic E-state index is 12.4. The van der Waals surface area contributed by atoms with Crippen LogP contribution < -0.4 is 10.1 Å². The second-order valence-electron chi connectivity index (χ2n) is 7.11. The number of amides is 2. The summed E-state index contributed by atoms with van der Waals surface area (Å²) in [6, 6.07) is 17.5. The van der Waals surface area contributed by atoms with Crippen LogP contribution in [0.15, 0.2) is 54.6 Å². The molecular weight excluding hydrogens is 340 g/mol. The Morgan fingerprint density at radius 3 is 2.63 bits per heavy atom. The smallest absolute Gasteiger partial charge is 0.317 e. The summed E-state index contributed by atoms with van der Waals surface area (Å²) >= 11 is 0. The van der Waals surface area contributed by atoms with Crippen molar-refractivity contribution in [2.24, 2.45) is 0 Å². The fourth-order valence-corrected chi connectivity index (χ4v) is 3.48. The maximum Gasteiger partial charge on any atom is 0.317 e. The molecular formula is C22H28N2O3. The number of aliphatic hydroxyl groups excluding tert-OH is 1. The number of rotatable bonds is 6. The van der Waals surface area contributed by atoms with E-state index in [1.54, 1.807) is 11.9 Å². The molecule has 5 heteroatoms. The Balaban J connectivity index is 1.51. The molecule has 2 amide bonds. The number of hydrogen-bond acceptors (Lipinski definition) is 3. The SMILES string of the molecule is CN(C(=O)NCc1cccc(OCc2ccccc2)c1)[C@@H]1CCCC[C@@H]1O. The molecule has 1 saturated carbocycles. The minimum absolute atomic E-state index is 0.0979. The first-order valence-electron chi connectivity index (χ1n) is 9.58. The van der Waals surface area contributed by atoms with Gasteiger partial charge in [-0.2, -0.15) is 0 Å². The summed E-state index contributed by atoms with van der Waals surface area (Å²) in [5, 5.41) is 13.1. The molecule has 5 nitrogen and oxygen atoms in total. The first-order chi connectivity index (χ1) is 13.1. The van der Waals surface area contributed by atoms with Crippen LogP contribution in [0.5, 0.6) is 5.75 Å². The average Bonchev–Trinajstić information content (AvgIpc) is 2.71. The number of benzene rings is 2. The number of aliphatic hydroxyl groups is 1. The largest absolute Gasteiger partial charge is 0.489 e. The number of nitrogens with zero attached hydrogens (tertiary/aromatic N) is 1. The lowest BCUT2D eigenvalue weighted by Gasteiger charge is -2.35. The minimum Gasteiger partial charge on any atom is -0.489 e. The number of carbonyl (C=O) groups is 1. The Morgan fingerprint density at radius 1 is 1.11 bits per heavy atom. The van der Waals surface area contributed by atoms with Gasteiger partial charge in [-0.3, -0.25) is 0 Å². The van der Waals surface area contributed by atoms with E-state index in [0.29, 0.717) is 13.2 Å². The van der Waals surface area contributed by atoms with Crippen molar-refractivity contribution in [3.05, 3.63) is 65.7 Å². The molecule has 0 aromatic heterocycles. The van der Waals surface area contributed by atoms with Gasteiger partial charge in [0.1, 0.15) is 12.4 Å². The van der Waals surface area contributed by atoms with Crippen molar-refractivity contribution < 1.29 is 14.6 Å². The van der Waals surface area contributed by atoms with E-state index >= 15 is 0 Å². The number of nitrogens with one attached hydrogen (secondary N) is 1. The van der Waals surface area contributed by atoms with Crippen molar-refractivity contribution in [2.75, 3.05) is 7.05 Å². The van der Waals surface area contributed by atoms with E-state index in [4.69, 9.17) is 4.74 Å².